The van der Waals surface area contributed by atoms with Gasteiger partial charge in [-0.05, 0) is 38.0 Å². The average Bonchev–Trinajstić information content (AvgIpc) is 3.10. The average molecular weight is 383 g/mol. The number of rotatable bonds is 5. The molecule has 1 aromatic heterocycles. The summed E-state index contributed by atoms with van der Waals surface area (Å²) in [7, 11) is 1.34. The van der Waals surface area contributed by atoms with Crippen LogP contribution in [-0.2, 0) is 20.8 Å². The molecule has 0 spiro atoms. The highest BCUT2D eigenvalue weighted by atomic mass is 35.5. The van der Waals surface area contributed by atoms with Crippen LogP contribution in [0.5, 0.6) is 0 Å². The van der Waals surface area contributed by atoms with Gasteiger partial charge in [0.25, 0.3) is 5.56 Å². The predicted octanol–water partition coefficient (Wildman–Crippen LogP) is 2.88. The van der Waals surface area contributed by atoms with E-state index in [9.17, 15) is 9.59 Å². The molecule has 0 N–H and O–H groups in total. The van der Waals surface area contributed by atoms with Gasteiger partial charge in [0, 0.05) is 11.6 Å². The number of nitrogens with zero attached hydrogens (tertiary/aromatic N) is 2. The Morgan fingerprint density at radius 3 is 3.04 bits per heavy atom. The number of methoxy groups -OCH3 is 1. The molecular formula is C17H19ClN2O4S. The number of ether oxygens (including phenoxy) is 2. The molecule has 0 saturated carbocycles. The highest BCUT2D eigenvalue weighted by Crippen LogP contribution is 2.25. The van der Waals surface area contributed by atoms with Gasteiger partial charge in [-0.25, -0.2) is 4.98 Å². The molecule has 1 aliphatic rings. The van der Waals surface area contributed by atoms with Crippen molar-refractivity contribution in [1.29, 1.82) is 0 Å². The second-order valence-corrected chi connectivity index (χ2v) is 7.63. The Balaban J connectivity index is 2.06. The van der Waals surface area contributed by atoms with Crippen molar-refractivity contribution in [2.45, 2.75) is 42.8 Å². The second-order valence-electron chi connectivity index (χ2n) is 5.89. The van der Waals surface area contributed by atoms with Crippen molar-refractivity contribution >= 4 is 40.2 Å². The van der Waals surface area contributed by atoms with Crippen LogP contribution >= 0.6 is 23.4 Å². The van der Waals surface area contributed by atoms with Crippen molar-refractivity contribution in [1.82, 2.24) is 9.55 Å². The molecule has 1 saturated heterocycles. The number of carbonyl (C=O) groups excluding carboxylic acids is 1. The van der Waals surface area contributed by atoms with Crippen LogP contribution in [0.1, 0.15) is 19.8 Å². The van der Waals surface area contributed by atoms with Gasteiger partial charge in [0.15, 0.2) is 5.16 Å². The van der Waals surface area contributed by atoms with E-state index in [4.69, 9.17) is 21.1 Å². The highest BCUT2D eigenvalue weighted by molar-refractivity contribution is 8.00. The fourth-order valence-electron chi connectivity index (χ4n) is 2.79. The molecule has 2 atom stereocenters. The van der Waals surface area contributed by atoms with Gasteiger partial charge in [0.2, 0.25) is 0 Å². The summed E-state index contributed by atoms with van der Waals surface area (Å²) in [4.78, 5) is 29.3. The Hall–Kier alpha value is -1.57. The minimum absolute atomic E-state index is 0.0166. The fraction of sp³-hybridized carbons (Fsp3) is 0.471. The van der Waals surface area contributed by atoms with Crippen LogP contribution in [0.15, 0.2) is 28.2 Å². The molecule has 2 aromatic rings. The standard InChI is InChI=1S/C17H19ClN2O4S/c1-10(16(22)23-2)25-17-19-14-8-11(18)5-6-13(14)15(21)20(17)9-12-4-3-7-24-12/h5-6,8,10,12H,3-4,7,9H2,1-2H3/t10-,12-/m0/s1. The minimum atomic E-state index is -0.482. The maximum absolute atomic E-state index is 13.0. The van der Waals surface area contributed by atoms with Crippen LogP contribution in [0, 0.1) is 0 Å². The number of aromatic nitrogens is 2. The molecule has 0 radical (unpaired) electrons. The third kappa shape index (κ3) is 3.99. The summed E-state index contributed by atoms with van der Waals surface area (Å²) in [5, 5.41) is 0.989. The molecule has 0 aliphatic carbocycles. The Bertz CT molecular complexity index is 848. The number of benzene rings is 1. The molecule has 1 fully saturated rings. The van der Waals surface area contributed by atoms with E-state index in [0.717, 1.165) is 12.8 Å². The van der Waals surface area contributed by atoms with Gasteiger partial charge in [-0.15, -0.1) is 0 Å². The number of hydrogen-bond acceptors (Lipinski definition) is 6. The first-order chi connectivity index (χ1) is 12.0. The summed E-state index contributed by atoms with van der Waals surface area (Å²) in [5.74, 6) is -0.367. The van der Waals surface area contributed by atoms with Gasteiger partial charge in [0.05, 0.1) is 30.7 Å². The molecule has 1 aromatic carbocycles. The zero-order valence-electron chi connectivity index (χ0n) is 14.0. The Labute approximate surface area is 154 Å². The summed E-state index contributed by atoms with van der Waals surface area (Å²) < 4.78 is 12.0. The third-order valence-electron chi connectivity index (χ3n) is 4.11. The van der Waals surface area contributed by atoms with Crippen LogP contribution < -0.4 is 5.56 Å². The number of esters is 1. The van der Waals surface area contributed by atoms with Crippen LogP contribution in [0.4, 0.5) is 0 Å². The maximum Gasteiger partial charge on any atom is 0.318 e. The molecule has 0 bridgehead atoms. The first-order valence-corrected chi connectivity index (χ1v) is 9.31. The quantitative estimate of drug-likeness (QED) is 0.450. The van der Waals surface area contributed by atoms with Crippen LogP contribution in [0.2, 0.25) is 5.02 Å². The molecule has 0 unspecified atom stereocenters. The lowest BCUT2D eigenvalue weighted by atomic mass is 10.2. The van der Waals surface area contributed by atoms with Crippen LogP contribution in [-0.4, -0.2) is 40.6 Å². The number of thioether (sulfide) groups is 1. The first-order valence-electron chi connectivity index (χ1n) is 8.06. The zero-order chi connectivity index (χ0) is 18.0. The lowest BCUT2D eigenvalue weighted by Crippen LogP contribution is -2.29. The normalized spacial score (nSPS) is 18.4. The van der Waals surface area contributed by atoms with Crippen molar-refractivity contribution < 1.29 is 14.3 Å². The van der Waals surface area contributed by atoms with Gasteiger partial charge in [0.1, 0.15) is 5.25 Å². The molecule has 3 rings (SSSR count). The van der Waals surface area contributed by atoms with Gasteiger partial charge in [-0.2, -0.15) is 0 Å². The lowest BCUT2D eigenvalue weighted by Gasteiger charge is -2.18. The third-order valence-corrected chi connectivity index (χ3v) is 5.41. The van der Waals surface area contributed by atoms with E-state index in [2.05, 4.69) is 4.98 Å². The molecule has 1 aliphatic heterocycles. The van der Waals surface area contributed by atoms with Crippen LogP contribution in [0.25, 0.3) is 10.9 Å². The minimum Gasteiger partial charge on any atom is -0.468 e. The summed E-state index contributed by atoms with van der Waals surface area (Å²) in [6.45, 7) is 2.85. The molecule has 6 nitrogen and oxygen atoms in total. The maximum atomic E-state index is 13.0. The summed E-state index contributed by atoms with van der Waals surface area (Å²) in [5.41, 5.74) is 0.359. The number of carbonyl (C=O) groups is 1. The summed E-state index contributed by atoms with van der Waals surface area (Å²) in [6, 6.07) is 5.01. The molecule has 25 heavy (non-hydrogen) atoms. The van der Waals surface area contributed by atoms with Crippen molar-refractivity contribution in [3.63, 3.8) is 0 Å². The van der Waals surface area contributed by atoms with E-state index < -0.39 is 5.25 Å². The SMILES string of the molecule is COC(=O)[C@H](C)Sc1nc2cc(Cl)ccc2c(=O)n1C[C@@H]1CCCO1. The van der Waals surface area contributed by atoms with E-state index in [1.165, 1.54) is 18.9 Å². The number of hydrogen-bond donors (Lipinski definition) is 0. The molecule has 8 heteroatoms. The van der Waals surface area contributed by atoms with E-state index in [1.807, 2.05) is 0 Å². The van der Waals surface area contributed by atoms with E-state index in [1.54, 1.807) is 29.7 Å². The number of halogens is 1. The molecule has 0 amide bonds. The Kier molecular flexibility index (Phi) is 5.66. The van der Waals surface area contributed by atoms with E-state index in [-0.39, 0.29) is 17.6 Å². The smallest absolute Gasteiger partial charge is 0.318 e. The van der Waals surface area contributed by atoms with E-state index >= 15 is 0 Å². The Morgan fingerprint density at radius 1 is 1.56 bits per heavy atom. The molecule has 134 valence electrons. The molecule has 2 heterocycles. The van der Waals surface area contributed by atoms with Gasteiger partial charge >= 0.3 is 5.97 Å². The lowest BCUT2D eigenvalue weighted by molar-refractivity contribution is -0.139. The van der Waals surface area contributed by atoms with Crippen molar-refractivity contribution in [3.05, 3.63) is 33.6 Å². The summed E-state index contributed by atoms with van der Waals surface area (Å²) in [6.07, 6.45) is 1.87. The largest absolute Gasteiger partial charge is 0.468 e. The van der Waals surface area contributed by atoms with Gasteiger partial charge in [-0.1, -0.05) is 23.4 Å². The highest BCUT2D eigenvalue weighted by Gasteiger charge is 2.23. The van der Waals surface area contributed by atoms with Crippen molar-refractivity contribution in [3.8, 4) is 0 Å². The monoisotopic (exact) mass is 382 g/mol. The Morgan fingerprint density at radius 2 is 2.36 bits per heavy atom. The molecular weight excluding hydrogens is 364 g/mol. The zero-order valence-corrected chi connectivity index (χ0v) is 15.6. The topological polar surface area (TPSA) is 70.4 Å². The van der Waals surface area contributed by atoms with Gasteiger partial charge in [-0.3, -0.25) is 14.2 Å². The fourth-order valence-corrected chi connectivity index (χ4v) is 3.90. The number of fused-ring (bicyclic) bond motifs is 1. The van der Waals surface area contributed by atoms with Gasteiger partial charge < -0.3 is 9.47 Å². The van der Waals surface area contributed by atoms with Crippen LogP contribution in [0.3, 0.4) is 0 Å². The first kappa shape index (κ1) is 18.2. The predicted molar refractivity (Wildman–Crippen MR) is 97.3 cm³/mol. The summed E-state index contributed by atoms with van der Waals surface area (Å²) >= 11 is 7.23. The second kappa shape index (κ2) is 7.76. The van der Waals surface area contributed by atoms with Crippen molar-refractivity contribution in [2.24, 2.45) is 0 Å². The van der Waals surface area contributed by atoms with E-state index in [0.29, 0.717) is 34.2 Å². The van der Waals surface area contributed by atoms with Crippen molar-refractivity contribution in [2.75, 3.05) is 13.7 Å².